The number of rotatable bonds is 3. The first-order chi connectivity index (χ1) is 9.64. The van der Waals surface area contributed by atoms with Crippen molar-refractivity contribution in [2.45, 2.75) is 32.6 Å². The lowest BCUT2D eigenvalue weighted by atomic mass is 10.0. The molecule has 116 valence electrons. The van der Waals surface area contributed by atoms with Gasteiger partial charge < -0.3 is 5.11 Å². The fourth-order valence-corrected chi connectivity index (χ4v) is 4.63. The van der Waals surface area contributed by atoms with Crippen molar-refractivity contribution in [2.24, 2.45) is 11.8 Å². The second kappa shape index (κ2) is 5.42. The highest BCUT2D eigenvalue weighted by atomic mass is 32.2. The van der Waals surface area contributed by atoms with Crippen LogP contribution in [0.1, 0.15) is 35.3 Å². The molecule has 5 nitrogen and oxygen atoms in total. The third kappa shape index (κ3) is 2.82. The normalized spacial score (nSPS) is 23.4. The van der Waals surface area contributed by atoms with Gasteiger partial charge in [0.05, 0.1) is 10.5 Å². The van der Waals surface area contributed by atoms with Gasteiger partial charge >= 0.3 is 5.97 Å². The molecular weight excluding hydrogens is 290 g/mol. The van der Waals surface area contributed by atoms with Crippen LogP contribution in [0.2, 0.25) is 0 Å². The van der Waals surface area contributed by atoms with E-state index in [0.29, 0.717) is 36.1 Å². The molecular formula is C15H21NO4S. The summed E-state index contributed by atoms with van der Waals surface area (Å²) in [6, 6.07) is 2.91. The van der Waals surface area contributed by atoms with Gasteiger partial charge in [-0.1, -0.05) is 19.9 Å². The Bertz CT molecular complexity index is 671. The number of nitrogens with zero attached hydrogens (tertiary/aromatic N) is 1. The molecule has 21 heavy (non-hydrogen) atoms. The van der Waals surface area contributed by atoms with Crippen molar-refractivity contribution in [1.82, 2.24) is 4.31 Å². The number of aryl methyl sites for hydroxylation is 2. The van der Waals surface area contributed by atoms with Gasteiger partial charge in [0.2, 0.25) is 10.0 Å². The average molecular weight is 311 g/mol. The molecule has 0 radical (unpaired) electrons. The van der Waals surface area contributed by atoms with E-state index in [4.69, 9.17) is 0 Å². The number of carboxylic acid groups (broad SMARTS) is 1. The van der Waals surface area contributed by atoms with Crippen molar-refractivity contribution < 1.29 is 18.3 Å². The first-order valence-electron chi connectivity index (χ1n) is 6.99. The van der Waals surface area contributed by atoms with Crippen LogP contribution in [0.15, 0.2) is 17.0 Å². The van der Waals surface area contributed by atoms with Crippen LogP contribution in [0.25, 0.3) is 0 Å². The zero-order valence-electron chi connectivity index (χ0n) is 12.8. The van der Waals surface area contributed by atoms with Gasteiger partial charge in [0.15, 0.2) is 0 Å². The molecule has 2 atom stereocenters. The Morgan fingerprint density at radius 1 is 1.14 bits per heavy atom. The van der Waals surface area contributed by atoms with E-state index in [0.717, 1.165) is 0 Å². The Morgan fingerprint density at radius 3 is 2.14 bits per heavy atom. The monoisotopic (exact) mass is 311 g/mol. The number of benzene rings is 1. The lowest BCUT2D eigenvalue weighted by Gasteiger charge is -2.18. The van der Waals surface area contributed by atoms with Crippen molar-refractivity contribution >= 4 is 16.0 Å². The minimum atomic E-state index is -3.64. The maximum Gasteiger partial charge on any atom is 0.335 e. The van der Waals surface area contributed by atoms with Crippen molar-refractivity contribution in [2.75, 3.05) is 13.1 Å². The summed E-state index contributed by atoms with van der Waals surface area (Å²) in [7, 11) is -3.64. The second-order valence-corrected chi connectivity index (χ2v) is 7.92. The summed E-state index contributed by atoms with van der Waals surface area (Å²) in [6.45, 7) is 8.41. The molecule has 0 saturated carbocycles. The molecule has 1 aromatic rings. The maximum absolute atomic E-state index is 12.8. The van der Waals surface area contributed by atoms with Crippen LogP contribution in [0.3, 0.4) is 0 Å². The number of aromatic carboxylic acids is 1. The number of hydrogen-bond donors (Lipinski definition) is 1. The maximum atomic E-state index is 12.8. The van der Waals surface area contributed by atoms with E-state index in [-0.39, 0.29) is 10.5 Å². The van der Waals surface area contributed by atoms with Gasteiger partial charge in [0.1, 0.15) is 0 Å². The first kappa shape index (κ1) is 16.0. The van der Waals surface area contributed by atoms with Crippen LogP contribution in [-0.2, 0) is 10.0 Å². The summed E-state index contributed by atoms with van der Waals surface area (Å²) in [5.41, 5.74) is 1.20. The molecule has 1 aliphatic rings. The van der Waals surface area contributed by atoms with Gasteiger partial charge in [-0.2, -0.15) is 4.31 Å². The van der Waals surface area contributed by atoms with E-state index in [2.05, 4.69) is 0 Å². The van der Waals surface area contributed by atoms with Crippen molar-refractivity contribution in [1.29, 1.82) is 0 Å². The van der Waals surface area contributed by atoms with E-state index in [9.17, 15) is 18.3 Å². The largest absolute Gasteiger partial charge is 0.478 e. The minimum Gasteiger partial charge on any atom is -0.478 e. The van der Waals surface area contributed by atoms with Gasteiger partial charge in [-0.25, -0.2) is 13.2 Å². The predicted molar refractivity (Wildman–Crippen MR) is 80.0 cm³/mol. The molecule has 1 aliphatic heterocycles. The Kier molecular flexibility index (Phi) is 4.13. The molecule has 0 aromatic heterocycles. The quantitative estimate of drug-likeness (QED) is 0.929. The second-order valence-electron chi connectivity index (χ2n) is 6.01. The fourth-order valence-electron chi connectivity index (χ4n) is 2.75. The van der Waals surface area contributed by atoms with E-state index in [1.807, 2.05) is 13.8 Å². The molecule has 1 fully saturated rings. The lowest BCUT2D eigenvalue weighted by molar-refractivity contribution is 0.0696. The SMILES string of the molecule is Cc1cc(C)c(S(=O)(=O)N2CC(C)C(C)C2)cc1C(=O)O. The van der Waals surface area contributed by atoms with Crippen LogP contribution in [0.5, 0.6) is 0 Å². The molecule has 0 amide bonds. The molecule has 6 heteroatoms. The highest BCUT2D eigenvalue weighted by Gasteiger charge is 2.36. The summed E-state index contributed by atoms with van der Waals surface area (Å²) in [6.07, 6.45) is 0. The van der Waals surface area contributed by atoms with Gasteiger partial charge in [-0.3, -0.25) is 0 Å². The van der Waals surface area contributed by atoms with Crippen LogP contribution in [0.4, 0.5) is 0 Å². The molecule has 1 N–H and O–H groups in total. The van der Waals surface area contributed by atoms with E-state index in [1.54, 1.807) is 19.9 Å². The standard InChI is InChI=1S/C15H21NO4S/c1-9-5-10(2)14(6-13(9)15(17)18)21(19,20)16-7-11(3)12(4)8-16/h5-6,11-12H,7-8H2,1-4H3,(H,17,18). The predicted octanol–water partition coefficient (Wildman–Crippen LogP) is 2.28. The van der Waals surface area contributed by atoms with Gasteiger partial charge in [-0.15, -0.1) is 0 Å². The topological polar surface area (TPSA) is 74.7 Å². The molecule has 1 heterocycles. The Balaban J connectivity index is 2.50. The third-order valence-electron chi connectivity index (χ3n) is 4.32. The Hall–Kier alpha value is -1.40. The summed E-state index contributed by atoms with van der Waals surface area (Å²) in [4.78, 5) is 11.3. The highest BCUT2D eigenvalue weighted by molar-refractivity contribution is 7.89. The molecule has 0 bridgehead atoms. The van der Waals surface area contributed by atoms with E-state index < -0.39 is 16.0 Å². The zero-order chi connectivity index (χ0) is 15.9. The third-order valence-corrected chi connectivity index (χ3v) is 6.30. The average Bonchev–Trinajstić information content (AvgIpc) is 2.69. The van der Waals surface area contributed by atoms with Gasteiger partial charge in [0, 0.05) is 13.1 Å². The van der Waals surface area contributed by atoms with Gasteiger partial charge in [0.25, 0.3) is 0 Å². The van der Waals surface area contributed by atoms with Crippen molar-refractivity contribution in [3.8, 4) is 0 Å². The van der Waals surface area contributed by atoms with Crippen LogP contribution in [-0.4, -0.2) is 36.9 Å². The first-order valence-corrected chi connectivity index (χ1v) is 8.43. The number of sulfonamides is 1. The minimum absolute atomic E-state index is 0.0412. The Labute approximate surface area is 125 Å². The van der Waals surface area contributed by atoms with Gasteiger partial charge in [-0.05, 0) is 42.9 Å². The van der Waals surface area contributed by atoms with Crippen molar-refractivity contribution in [3.63, 3.8) is 0 Å². The summed E-state index contributed by atoms with van der Waals surface area (Å²) in [5, 5.41) is 9.19. The van der Waals surface area contributed by atoms with Crippen LogP contribution in [0, 0.1) is 25.7 Å². The number of hydrogen-bond acceptors (Lipinski definition) is 3. The molecule has 1 aromatic carbocycles. The van der Waals surface area contributed by atoms with E-state index >= 15 is 0 Å². The smallest absolute Gasteiger partial charge is 0.335 e. The summed E-state index contributed by atoms with van der Waals surface area (Å²) < 4.78 is 27.0. The number of carboxylic acids is 1. The zero-order valence-corrected chi connectivity index (χ0v) is 13.6. The molecule has 0 aliphatic carbocycles. The lowest BCUT2D eigenvalue weighted by Crippen LogP contribution is -2.30. The summed E-state index contributed by atoms with van der Waals surface area (Å²) >= 11 is 0. The fraction of sp³-hybridized carbons (Fsp3) is 0.533. The molecule has 0 spiro atoms. The molecule has 2 unspecified atom stereocenters. The van der Waals surface area contributed by atoms with Crippen molar-refractivity contribution in [3.05, 3.63) is 28.8 Å². The Morgan fingerprint density at radius 2 is 1.67 bits per heavy atom. The molecule has 1 saturated heterocycles. The van der Waals surface area contributed by atoms with Crippen LogP contribution >= 0.6 is 0 Å². The highest BCUT2D eigenvalue weighted by Crippen LogP contribution is 2.30. The molecule has 2 rings (SSSR count). The number of carbonyl (C=O) groups is 1. The van der Waals surface area contributed by atoms with E-state index in [1.165, 1.54) is 10.4 Å². The summed E-state index contributed by atoms with van der Waals surface area (Å²) in [5.74, 6) is -0.485. The van der Waals surface area contributed by atoms with Crippen LogP contribution < -0.4 is 0 Å².